The number of ether oxygens (including phenoxy) is 1. The van der Waals surface area contributed by atoms with Crippen molar-refractivity contribution in [2.45, 2.75) is 32.8 Å². The van der Waals surface area contributed by atoms with Gasteiger partial charge in [0.15, 0.2) is 0 Å². The molecule has 0 aromatic carbocycles. The number of rotatable bonds is 2. The molecule has 0 fully saturated rings. The number of carbonyl (C=O) groups excluding carboxylic acids is 1. The van der Waals surface area contributed by atoms with Gasteiger partial charge in [0.05, 0.1) is 5.56 Å². The molecule has 0 saturated carbocycles. The molecule has 0 spiro atoms. The molecule has 3 nitrogen and oxygen atoms in total. The van der Waals surface area contributed by atoms with Gasteiger partial charge in [-0.3, -0.25) is 4.98 Å². The predicted molar refractivity (Wildman–Crippen MR) is 54.4 cm³/mol. The summed E-state index contributed by atoms with van der Waals surface area (Å²) in [7, 11) is 0. The van der Waals surface area contributed by atoms with Gasteiger partial charge in [0.25, 0.3) is 6.43 Å². The third kappa shape index (κ3) is 3.56. The van der Waals surface area contributed by atoms with E-state index in [1.807, 2.05) is 0 Å². The van der Waals surface area contributed by atoms with E-state index in [1.54, 1.807) is 20.8 Å². The van der Waals surface area contributed by atoms with Gasteiger partial charge in [0.2, 0.25) is 0 Å². The van der Waals surface area contributed by atoms with Gasteiger partial charge in [-0.15, -0.1) is 0 Å². The molecule has 5 heteroatoms. The number of hydrogen-bond donors (Lipinski definition) is 0. The van der Waals surface area contributed by atoms with Crippen molar-refractivity contribution in [2.24, 2.45) is 0 Å². The summed E-state index contributed by atoms with van der Waals surface area (Å²) in [4.78, 5) is 15.1. The maximum absolute atomic E-state index is 12.4. The lowest BCUT2D eigenvalue weighted by atomic mass is 10.1. The van der Waals surface area contributed by atoms with Crippen molar-refractivity contribution in [3.8, 4) is 0 Å². The molecule has 1 rings (SSSR count). The zero-order chi connectivity index (χ0) is 12.3. The number of halogens is 2. The number of hydrogen-bond acceptors (Lipinski definition) is 3. The summed E-state index contributed by atoms with van der Waals surface area (Å²) in [6.45, 7) is 5.11. The summed E-state index contributed by atoms with van der Waals surface area (Å²) in [5.74, 6) is -0.650. The molecule has 88 valence electrons. The van der Waals surface area contributed by atoms with E-state index in [0.29, 0.717) is 0 Å². The molecule has 0 unspecified atom stereocenters. The largest absolute Gasteiger partial charge is 0.456 e. The van der Waals surface area contributed by atoms with Crippen molar-refractivity contribution in [2.75, 3.05) is 0 Å². The second kappa shape index (κ2) is 4.55. The lowest BCUT2D eigenvalue weighted by molar-refractivity contribution is 0.00688. The van der Waals surface area contributed by atoms with Gasteiger partial charge in [-0.1, -0.05) is 0 Å². The number of pyridine rings is 1. The van der Waals surface area contributed by atoms with Crippen molar-refractivity contribution >= 4 is 5.97 Å². The molecular weight excluding hydrogens is 216 g/mol. The predicted octanol–water partition coefficient (Wildman–Crippen LogP) is 2.97. The highest BCUT2D eigenvalue weighted by Crippen LogP contribution is 2.19. The Balaban J connectivity index is 2.88. The molecule has 0 N–H and O–H groups in total. The van der Waals surface area contributed by atoms with Gasteiger partial charge in [-0.25, -0.2) is 13.6 Å². The Morgan fingerprint density at radius 3 is 2.50 bits per heavy atom. The van der Waals surface area contributed by atoms with Crippen LogP contribution in [0.1, 0.15) is 43.1 Å². The average molecular weight is 229 g/mol. The smallest absolute Gasteiger partial charge is 0.340 e. The number of nitrogens with zero attached hydrogens (tertiary/aromatic N) is 1. The highest BCUT2D eigenvalue weighted by molar-refractivity contribution is 5.89. The zero-order valence-corrected chi connectivity index (χ0v) is 9.33. The van der Waals surface area contributed by atoms with Gasteiger partial charge in [-0.2, -0.15) is 0 Å². The number of alkyl halides is 2. The van der Waals surface area contributed by atoms with Crippen molar-refractivity contribution in [1.29, 1.82) is 0 Å². The summed E-state index contributed by atoms with van der Waals surface area (Å²) < 4.78 is 29.7. The molecular formula is C11H13F2NO2. The van der Waals surface area contributed by atoms with Gasteiger partial charge >= 0.3 is 5.97 Å². The monoisotopic (exact) mass is 229 g/mol. The maximum atomic E-state index is 12.4. The molecule has 1 aromatic heterocycles. The molecule has 16 heavy (non-hydrogen) atoms. The SMILES string of the molecule is CC(C)(C)OC(=O)c1cncc(C(F)F)c1. The van der Waals surface area contributed by atoms with Crippen LogP contribution in [0.4, 0.5) is 8.78 Å². The number of aromatic nitrogens is 1. The molecule has 0 bridgehead atoms. The minimum Gasteiger partial charge on any atom is -0.456 e. The fourth-order valence-corrected chi connectivity index (χ4v) is 1.03. The van der Waals surface area contributed by atoms with Crippen LogP contribution in [-0.2, 0) is 4.74 Å². The second-order valence-electron chi connectivity index (χ2n) is 4.31. The molecule has 0 aliphatic heterocycles. The first-order valence-electron chi connectivity index (χ1n) is 4.76. The van der Waals surface area contributed by atoms with Crippen molar-refractivity contribution in [3.05, 3.63) is 29.6 Å². The molecule has 0 radical (unpaired) electrons. The Morgan fingerprint density at radius 1 is 1.38 bits per heavy atom. The average Bonchev–Trinajstić information content (AvgIpc) is 2.15. The highest BCUT2D eigenvalue weighted by atomic mass is 19.3. The van der Waals surface area contributed by atoms with Crippen LogP contribution in [0.25, 0.3) is 0 Å². The quantitative estimate of drug-likeness (QED) is 0.732. The normalized spacial score (nSPS) is 11.6. The van der Waals surface area contributed by atoms with E-state index in [-0.39, 0.29) is 11.1 Å². The molecule has 0 atom stereocenters. The van der Waals surface area contributed by atoms with E-state index in [2.05, 4.69) is 4.98 Å². The van der Waals surface area contributed by atoms with Crippen LogP contribution >= 0.6 is 0 Å². The van der Waals surface area contributed by atoms with Crippen molar-refractivity contribution in [3.63, 3.8) is 0 Å². The van der Waals surface area contributed by atoms with E-state index in [1.165, 1.54) is 6.20 Å². The summed E-state index contributed by atoms with van der Waals surface area (Å²) in [6.07, 6.45) is -0.409. The van der Waals surface area contributed by atoms with Crippen LogP contribution in [0.5, 0.6) is 0 Å². The summed E-state index contributed by atoms with van der Waals surface area (Å²) in [5, 5.41) is 0. The minimum absolute atomic E-state index is 0.0349. The van der Waals surface area contributed by atoms with E-state index in [9.17, 15) is 13.6 Å². The Morgan fingerprint density at radius 2 is 2.00 bits per heavy atom. The van der Waals surface area contributed by atoms with E-state index in [0.717, 1.165) is 12.3 Å². The fraction of sp³-hybridized carbons (Fsp3) is 0.455. The van der Waals surface area contributed by atoms with Crippen molar-refractivity contribution < 1.29 is 18.3 Å². The molecule has 0 aliphatic rings. The first kappa shape index (κ1) is 12.5. The lowest BCUT2D eigenvalue weighted by Crippen LogP contribution is -2.24. The van der Waals surface area contributed by atoms with Crippen LogP contribution < -0.4 is 0 Å². The van der Waals surface area contributed by atoms with Crippen molar-refractivity contribution in [1.82, 2.24) is 4.98 Å². The van der Waals surface area contributed by atoms with Crippen LogP contribution in [0.15, 0.2) is 18.5 Å². The molecule has 1 aromatic rings. The Labute approximate surface area is 92.4 Å². The Kier molecular flexibility index (Phi) is 3.57. The van der Waals surface area contributed by atoms with E-state index < -0.39 is 18.0 Å². The number of carbonyl (C=O) groups is 1. The highest BCUT2D eigenvalue weighted by Gasteiger charge is 2.19. The first-order valence-corrected chi connectivity index (χ1v) is 4.76. The first-order chi connectivity index (χ1) is 7.29. The Hall–Kier alpha value is -1.52. The van der Waals surface area contributed by atoms with E-state index in [4.69, 9.17) is 4.74 Å². The molecule has 1 heterocycles. The van der Waals surface area contributed by atoms with Crippen LogP contribution in [-0.4, -0.2) is 16.6 Å². The van der Waals surface area contributed by atoms with Crippen LogP contribution in [0, 0.1) is 0 Å². The molecule has 0 saturated heterocycles. The van der Waals surface area contributed by atoms with Gasteiger partial charge in [0.1, 0.15) is 5.60 Å². The van der Waals surface area contributed by atoms with Gasteiger partial charge < -0.3 is 4.74 Å². The minimum atomic E-state index is -2.64. The third-order valence-corrected chi connectivity index (χ3v) is 1.65. The number of esters is 1. The summed E-state index contributed by atoms with van der Waals surface area (Å²) in [6, 6.07) is 1.09. The molecule has 0 amide bonds. The summed E-state index contributed by atoms with van der Waals surface area (Å²) >= 11 is 0. The second-order valence-corrected chi connectivity index (χ2v) is 4.31. The topological polar surface area (TPSA) is 39.2 Å². The zero-order valence-electron chi connectivity index (χ0n) is 9.33. The maximum Gasteiger partial charge on any atom is 0.340 e. The van der Waals surface area contributed by atoms with E-state index >= 15 is 0 Å². The molecule has 0 aliphatic carbocycles. The summed E-state index contributed by atoms with van der Waals surface area (Å²) in [5.41, 5.74) is -0.908. The van der Waals surface area contributed by atoms with Crippen LogP contribution in [0.3, 0.4) is 0 Å². The Bertz CT molecular complexity index is 386. The third-order valence-electron chi connectivity index (χ3n) is 1.65. The van der Waals surface area contributed by atoms with Gasteiger partial charge in [-0.05, 0) is 26.8 Å². The van der Waals surface area contributed by atoms with Gasteiger partial charge in [0, 0.05) is 18.0 Å². The lowest BCUT2D eigenvalue weighted by Gasteiger charge is -2.19. The van der Waals surface area contributed by atoms with Crippen LogP contribution in [0.2, 0.25) is 0 Å². The fourth-order valence-electron chi connectivity index (χ4n) is 1.03. The standard InChI is InChI=1S/C11H13F2NO2/c1-11(2,3)16-10(15)8-4-7(9(12)13)5-14-6-8/h4-6,9H,1-3H3.